The summed E-state index contributed by atoms with van der Waals surface area (Å²) in [4.78, 5) is 10.9. The standard InChI is InChI=1S/C12H18ClN3O2/c1-3-8-11(13)10(16(2)15-8)6-7-4-5-9(14-7)12(17)18/h7,9,14H,3-6H2,1-2H3,(H,17,18). The Bertz CT molecular complexity index is 458. The molecule has 0 bridgehead atoms. The molecule has 0 aliphatic carbocycles. The summed E-state index contributed by atoms with van der Waals surface area (Å²) in [5, 5.41) is 17.2. The molecule has 0 spiro atoms. The summed E-state index contributed by atoms with van der Waals surface area (Å²) in [6.45, 7) is 2.02. The van der Waals surface area contributed by atoms with E-state index in [0.717, 1.165) is 35.7 Å². The van der Waals surface area contributed by atoms with E-state index in [9.17, 15) is 4.79 Å². The number of carboxylic acids is 1. The van der Waals surface area contributed by atoms with Crippen LogP contribution in [-0.4, -0.2) is 32.9 Å². The largest absolute Gasteiger partial charge is 0.480 e. The Morgan fingerprint density at radius 3 is 2.83 bits per heavy atom. The molecule has 1 aromatic rings. The summed E-state index contributed by atoms with van der Waals surface area (Å²) in [6.07, 6.45) is 3.07. The molecule has 1 saturated heterocycles. The fourth-order valence-electron chi connectivity index (χ4n) is 2.45. The van der Waals surface area contributed by atoms with E-state index in [1.54, 1.807) is 4.68 Å². The first-order valence-corrected chi connectivity index (χ1v) is 6.59. The molecule has 2 N–H and O–H groups in total. The van der Waals surface area contributed by atoms with Crippen molar-refractivity contribution in [3.05, 3.63) is 16.4 Å². The topological polar surface area (TPSA) is 67.2 Å². The van der Waals surface area contributed by atoms with E-state index >= 15 is 0 Å². The van der Waals surface area contributed by atoms with Gasteiger partial charge in [-0.1, -0.05) is 18.5 Å². The zero-order valence-electron chi connectivity index (χ0n) is 10.6. The van der Waals surface area contributed by atoms with Crippen LogP contribution in [0.25, 0.3) is 0 Å². The van der Waals surface area contributed by atoms with Crippen LogP contribution in [0.1, 0.15) is 31.2 Å². The molecule has 1 fully saturated rings. The monoisotopic (exact) mass is 271 g/mol. The molecule has 2 unspecified atom stereocenters. The molecule has 0 amide bonds. The molecule has 18 heavy (non-hydrogen) atoms. The normalized spacial score (nSPS) is 23.5. The number of carboxylic acid groups (broad SMARTS) is 1. The summed E-state index contributed by atoms with van der Waals surface area (Å²) in [5.41, 5.74) is 1.89. The van der Waals surface area contributed by atoms with Crippen LogP contribution in [0, 0.1) is 0 Å². The van der Waals surface area contributed by atoms with Gasteiger partial charge in [-0.05, 0) is 19.3 Å². The second-order valence-electron chi connectivity index (χ2n) is 4.72. The summed E-state index contributed by atoms with van der Waals surface area (Å²) < 4.78 is 1.80. The lowest BCUT2D eigenvalue weighted by molar-refractivity contribution is -0.139. The molecule has 2 heterocycles. The van der Waals surface area contributed by atoms with E-state index < -0.39 is 12.0 Å². The van der Waals surface area contributed by atoms with Gasteiger partial charge in [0.1, 0.15) is 6.04 Å². The number of carbonyl (C=O) groups is 1. The van der Waals surface area contributed by atoms with E-state index in [4.69, 9.17) is 16.7 Å². The van der Waals surface area contributed by atoms with E-state index in [-0.39, 0.29) is 6.04 Å². The van der Waals surface area contributed by atoms with Crippen molar-refractivity contribution in [3.63, 3.8) is 0 Å². The highest BCUT2D eigenvalue weighted by molar-refractivity contribution is 6.31. The van der Waals surface area contributed by atoms with Crippen LogP contribution >= 0.6 is 11.6 Å². The third-order valence-electron chi connectivity index (χ3n) is 3.48. The van der Waals surface area contributed by atoms with Gasteiger partial charge in [0.25, 0.3) is 0 Å². The number of hydrogen-bond acceptors (Lipinski definition) is 3. The Morgan fingerprint density at radius 2 is 2.33 bits per heavy atom. The fourth-order valence-corrected chi connectivity index (χ4v) is 2.82. The average molecular weight is 272 g/mol. The molecule has 5 nitrogen and oxygen atoms in total. The van der Waals surface area contributed by atoms with Gasteiger partial charge in [0.05, 0.1) is 16.4 Å². The van der Waals surface area contributed by atoms with Crippen LogP contribution in [-0.2, 0) is 24.7 Å². The first kappa shape index (κ1) is 13.4. The molecule has 0 saturated carbocycles. The Morgan fingerprint density at radius 1 is 1.61 bits per heavy atom. The highest BCUT2D eigenvalue weighted by Gasteiger charge is 2.30. The number of rotatable bonds is 4. The van der Waals surface area contributed by atoms with Crippen LogP contribution in [0.15, 0.2) is 0 Å². The summed E-state index contributed by atoms with van der Waals surface area (Å²) in [6, 6.07) is -0.253. The highest BCUT2D eigenvalue weighted by atomic mass is 35.5. The molecule has 1 aromatic heterocycles. The van der Waals surface area contributed by atoms with Crippen LogP contribution in [0.5, 0.6) is 0 Å². The van der Waals surface area contributed by atoms with Crippen LogP contribution in [0.3, 0.4) is 0 Å². The molecule has 100 valence electrons. The smallest absolute Gasteiger partial charge is 0.320 e. The Balaban J connectivity index is 2.07. The number of nitrogens with one attached hydrogen (secondary N) is 1. The maximum absolute atomic E-state index is 10.9. The predicted octanol–water partition coefficient (Wildman–Crippen LogP) is 1.38. The first-order valence-electron chi connectivity index (χ1n) is 6.22. The summed E-state index contributed by atoms with van der Waals surface area (Å²) >= 11 is 6.28. The van der Waals surface area contributed by atoms with Gasteiger partial charge >= 0.3 is 5.97 Å². The second-order valence-corrected chi connectivity index (χ2v) is 5.10. The van der Waals surface area contributed by atoms with Crippen molar-refractivity contribution in [1.82, 2.24) is 15.1 Å². The van der Waals surface area contributed by atoms with Gasteiger partial charge in [0.2, 0.25) is 0 Å². The Labute approximate surface area is 111 Å². The van der Waals surface area contributed by atoms with E-state index in [1.165, 1.54) is 0 Å². The molecule has 1 aliphatic rings. The van der Waals surface area contributed by atoms with Crippen molar-refractivity contribution in [2.45, 2.75) is 44.7 Å². The second kappa shape index (κ2) is 5.28. The summed E-state index contributed by atoms with van der Waals surface area (Å²) in [5.74, 6) is -0.775. The molecular formula is C12H18ClN3O2. The zero-order chi connectivity index (χ0) is 13.3. The average Bonchev–Trinajstić information content (AvgIpc) is 2.89. The number of nitrogens with zero attached hydrogens (tertiary/aromatic N) is 2. The van der Waals surface area contributed by atoms with Gasteiger partial charge in [-0.15, -0.1) is 0 Å². The van der Waals surface area contributed by atoms with E-state index in [2.05, 4.69) is 10.4 Å². The number of aryl methyl sites for hydroxylation is 2. The van der Waals surface area contributed by atoms with Gasteiger partial charge in [-0.3, -0.25) is 9.48 Å². The van der Waals surface area contributed by atoms with E-state index in [1.807, 2.05) is 14.0 Å². The molecule has 2 atom stereocenters. The molecule has 0 radical (unpaired) electrons. The lowest BCUT2D eigenvalue weighted by Gasteiger charge is -2.12. The minimum absolute atomic E-state index is 0.170. The van der Waals surface area contributed by atoms with Crippen LogP contribution < -0.4 is 5.32 Å². The zero-order valence-corrected chi connectivity index (χ0v) is 11.4. The number of aliphatic carboxylic acids is 1. The van der Waals surface area contributed by atoms with Gasteiger partial charge in [-0.2, -0.15) is 5.10 Å². The van der Waals surface area contributed by atoms with Crippen molar-refractivity contribution < 1.29 is 9.90 Å². The maximum atomic E-state index is 10.9. The Hall–Kier alpha value is -1.07. The maximum Gasteiger partial charge on any atom is 0.320 e. The lowest BCUT2D eigenvalue weighted by atomic mass is 10.1. The Kier molecular flexibility index (Phi) is 3.92. The minimum atomic E-state index is -0.775. The van der Waals surface area contributed by atoms with Gasteiger partial charge < -0.3 is 10.4 Å². The highest BCUT2D eigenvalue weighted by Crippen LogP contribution is 2.24. The van der Waals surface area contributed by atoms with E-state index in [0.29, 0.717) is 6.42 Å². The quantitative estimate of drug-likeness (QED) is 0.868. The van der Waals surface area contributed by atoms with Crippen molar-refractivity contribution in [2.75, 3.05) is 0 Å². The number of hydrogen-bond donors (Lipinski definition) is 2. The van der Waals surface area contributed by atoms with Crippen molar-refractivity contribution in [3.8, 4) is 0 Å². The lowest BCUT2D eigenvalue weighted by Crippen LogP contribution is -2.36. The van der Waals surface area contributed by atoms with Gasteiger partial charge in [-0.25, -0.2) is 0 Å². The molecular weight excluding hydrogens is 254 g/mol. The third kappa shape index (κ3) is 2.52. The third-order valence-corrected chi connectivity index (χ3v) is 3.92. The predicted molar refractivity (Wildman–Crippen MR) is 68.9 cm³/mol. The minimum Gasteiger partial charge on any atom is -0.480 e. The molecule has 2 rings (SSSR count). The molecule has 0 aromatic carbocycles. The van der Waals surface area contributed by atoms with Crippen LogP contribution in [0.4, 0.5) is 0 Å². The van der Waals surface area contributed by atoms with Gasteiger partial charge in [0.15, 0.2) is 0 Å². The van der Waals surface area contributed by atoms with Crippen molar-refractivity contribution in [2.24, 2.45) is 7.05 Å². The SMILES string of the molecule is CCc1nn(C)c(CC2CCC(C(=O)O)N2)c1Cl. The van der Waals surface area contributed by atoms with Crippen molar-refractivity contribution >= 4 is 17.6 Å². The van der Waals surface area contributed by atoms with Crippen LogP contribution in [0.2, 0.25) is 5.02 Å². The van der Waals surface area contributed by atoms with Crippen molar-refractivity contribution in [1.29, 1.82) is 0 Å². The first-order chi connectivity index (χ1) is 8.52. The molecule has 1 aliphatic heterocycles. The fraction of sp³-hybridized carbons (Fsp3) is 0.667. The molecule has 6 heteroatoms. The number of aromatic nitrogens is 2. The van der Waals surface area contributed by atoms with Gasteiger partial charge in [0, 0.05) is 19.5 Å². The summed E-state index contributed by atoms with van der Waals surface area (Å²) in [7, 11) is 1.88. The number of halogens is 1.